The summed E-state index contributed by atoms with van der Waals surface area (Å²) in [5.74, 6) is 0. The molecule has 1 saturated carbocycles. The highest BCUT2D eigenvalue weighted by Gasteiger charge is 2.45. The second-order valence-electron chi connectivity index (χ2n) is 5.74. The van der Waals surface area contributed by atoms with Crippen LogP contribution in [0.3, 0.4) is 0 Å². The first-order valence-corrected chi connectivity index (χ1v) is 6.83. The summed E-state index contributed by atoms with van der Waals surface area (Å²) in [5.41, 5.74) is 8.04. The number of benzene rings is 1. The van der Waals surface area contributed by atoms with Crippen LogP contribution in [0.25, 0.3) is 0 Å². The molecule has 0 bridgehead atoms. The molecule has 1 heterocycles. The average molecular weight is 230 g/mol. The van der Waals surface area contributed by atoms with Gasteiger partial charge >= 0.3 is 0 Å². The van der Waals surface area contributed by atoms with E-state index in [4.69, 9.17) is 5.73 Å². The van der Waals surface area contributed by atoms with Crippen LogP contribution in [0.2, 0.25) is 0 Å². The Labute approximate surface area is 104 Å². The van der Waals surface area contributed by atoms with Crippen LogP contribution in [0.15, 0.2) is 30.3 Å². The van der Waals surface area contributed by atoms with Crippen molar-refractivity contribution < 1.29 is 0 Å². The first-order chi connectivity index (χ1) is 8.28. The summed E-state index contributed by atoms with van der Waals surface area (Å²) in [6.45, 7) is 2.28. The van der Waals surface area contributed by atoms with Gasteiger partial charge in [0.1, 0.15) is 0 Å². The van der Waals surface area contributed by atoms with E-state index >= 15 is 0 Å². The molecule has 2 N–H and O–H groups in total. The summed E-state index contributed by atoms with van der Waals surface area (Å²) in [5, 5.41) is 0. The van der Waals surface area contributed by atoms with Crippen molar-refractivity contribution in [2.24, 2.45) is 5.73 Å². The van der Waals surface area contributed by atoms with E-state index in [2.05, 4.69) is 35.2 Å². The number of piperidine rings is 1. The average Bonchev–Trinajstić information content (AvgIpc) is 2.31. The Bertz CT molecular complexity index is 370. The summed E-state index contributed by atoms with van der Waals surface area (Å²) in [4.78, 5) is 2.69. The Balaban J connectivity index is 1.73. The van der Waals surface area contributed by atoms with Gasteiger partial charge in [-0.25, -0.2) is 0 Å². The monoisotopic (exact) mass is 230 g/mol. The van der Waals surface area contributed by atoms with Crippen molar-refractivity contribution >= 4 is 0 Å². The van der Waals surface area contributed by atoms with Crippen molar-refractivity contribution in [2.45, 2.75) is 50.2 Å². The minimum Gasteiger partial charge on any atom is -0.328 e. The van der Waals surface area contributed by atoms with Gasteiger partial charge in [0.05, 0.1) is 0 Å². The molecule has 1 aliphatic carbocycles. The van der Waals surface area contributed by atoms with E-state index in [0.29, 0.717) is 11.6 Å². The van der Waals surface area contributed by atoms with Gasteiger partial charge in [-0.05, 0) is 37.7 Å². The van der Waals surface area contributed by atoms with E-state index in [9.17, 15) is 0 Å². The van der Waals surface area contributed by atoms with E-state index in [0.717, 1.165) is 13.0 Å². The van der Waals surface area contributed by atoms with Crippen molar-refractivity contribution in [2.75, 3.05) is 6.54 Å². The standard InChI is InChI=1S/C15H22N2/c16-14-7-10-17(15(11-14)8-4-9-15)12-13-5-2-1-3-6-13/h1-3,5-6,14H,4,7-12,16H2. The van der Waals surface area contributed by atoms with E-state index in [1.165, 1.54) is 37.8 Å². The second kappa shape index (κ2) is 4.43. The SMILES string of the molecule is NC1CCN(Cc2ccccc2)C2(CCC2)C1. The molecule has 92 valence electrons. The zero-order valence-corrected chi connectivity index (χ0v) is 10.4. The van der Waals surface area contributed by atoms with E-state index in [1.54, 1.807) is 0 Å². The van der Waals surface area contributed by atoms with Crippen LogP contribution < -0.4 is 5.73 Å². The Morgan fingerprint density at radius 2 is 2.00 bits per heavy atom. The van der Waals surface area contributed by atoms with Crippen LogP contribution in [0, 0.1) is 0 Å². The molecule has 2 aliphatic rings. The van der Waals surface area contributed by atoms with E-state index in [1.807, 2.05) is 0 Å². The lowest BCUT2D eigenvalue weighted by Gasteiger charge is -2.55. The number of hydrogen-bond acceptors (Lipinski definition) is 2. The molecule has 0 radical (unpaired) electrons. The maximum atomic E-state index is 6.15. The predicted molar refractivity (Wildman–Crippen MR) is 70.6 cm³/mol. The molecule has 1 aromatic carbocycles. The summed E-state index contributed by atoms with van der Waals surface area (Å²) in [6, 6.07) is 11.3. The number of nitrogens with zero attached hydrogens (tertiary/aromatic N) is 1. The molecule has 0 aromatic heterocycles. The normalized spacial score (nSPS) is 27.9. The molecule has 1 spiro atoms. The maximum Gasteiger partial charge on any atom is 0.0239 e. The number of hydrogen-bond donors (Lipinski definition) is 1. The molecule has 2 heteroatoms. The van der Waals surface area contributed by atoms with Crippen LogP contribution in [0.5, 0.6) is 0 Å². The summed E-state index contributed by atoms with van der Waals surface area (Å²) in [6.07, 6.45) is 6.47. The fourth-order valence-electron chi connectivity index (χ4n) is 3.43. The van der Waals surface area contributed by atoms with Gasteiger partial charge in [0.25, 0.3) is 0 Å². The van der Waals surface area contributed by atoms with Crippen molar-refractivity contribution in [3.63, 3.8) is 0 Å². The Morgan fingerprint density at radius 3 is 2.65 bits per heavy atom. The minimum absolute atomic E-state index is 0.433. The van der Waals surface area contributed by atoms with Crippen LogP contribution >= 0.6 is 0 Å². The van der Waals surface area contributed by atoms with Gasteiger partial charge in [0.15, 0.2) is 0 Å². The van der Waals surface area contributed by atoms with Gasteiger partial charge in [0.2, 0.25) is 0 Å². The molecule has 17 heavy (non-hydrogen) atoms. The van der Waals surface area contributed by atoms with Crippen LogP contribution in [0.4, 0.5) is 0 Å². The van der Waals surface area contributed by atoms with E-state index in [-0.39, 0.29) is 0 Å². The zero-order chi connectivity index (χ0) is 11.7. The third kappa shape index (κ3) is 2.12. The molecular weight excluding hydrogens is 208 g/mol. The molecule has 1 atom stereocenters. The Morgan fingerprint density at radius 1 is 1.24 bits per heavy atom. The predicted octanol–water partition coefficient (Wildman–Crippen LogP) is 2.53. The number of likely N-dealkylation sites (tertiary alicyclic amines) is 1. The lowest BCUT2D eigenvalue weighted by Crippen LogP contribution is -2.60. The molecule has 0 amide bonds. The lowest BCUT2D eigenvalue weighted by atomic mass is 9.69. The van der Waals surface area contributed by atoms with Gasteiger partial charge in [-0.3, -0.25) is 4.90 Å². The van der Waals surface area contributed by atoms with Gasteiger partial charge in [-0.1, -0.05) is 30.3 Å². The molecule has 3 rings (SSSR count). The summed E-state index contributed by atoms with van der Waals surface area (Å²) < 4.78 is 0. The first-order valence-electron chi connectivity index (χ1n) is 6.83. The molecule has 1 saturated heterocycles. The highest BCUT2D eigenvalue weighted by Crippen LogP contribution is 2.44. The van der Waals surface area contributed by atoms with Crippen molar-refractivity contribution in [3.05, 3.63) is 35.9 Å². The lowest BCUT2D eigenvalue weighted by molar-refractivity contribution is -0.0295. The minimum atomic E-state index is 0.433. The third-order valence-electron chi connectivity index (χ3n) is 4.58. The molecule has 2 nitrogen and oxygen atoms in total. The highest BCUT2D eigenvalue weighted by molar-refractivity contribution is 5.16. The molecule has 1 unspecified atom stereocenters. The fraction of sp³-hybridized carbons (Fsp3) is 0.600. The third-order valence-corrected chi connectivity index (χ3v) is 4.58. The molecular formula is C15H22N2. The van der Waals surface area contributed by atoms with Crippen LogP contribution in [-0.4, -0.2) is 23.0 Å². The Kier molecular flexibility index (Phi) is 2.93. The fourth-order valence-corrected chi connectivity index (χ4v) is 3.43. The Hall–Kier alpha value is -0.860. The summed E-state index contributed by atoms with van der Waals surface area (Å²) >= 11 is 0. The smallest absolute Gasteiger partial charge is 0.0239 e. The van der Waals surface area contributed by atoms with Gasteiger partial charge in [-0.15, -0.1) is 0 Å². The van der Waals surface area contributed by atoms with Crippen molar-refractivity contribution in [1.29, 1.82) is 0 Å². The van der Waals surface area contributed by atoms with Gasteiger partial charge in [-0.2, -0.15) is 0 Å². The number of nitrogens with two attached hydrogens (primary N) is 1. The topological polar surface area (TPSA) is 29.3 Å². The highest BCUT2D eigenvalue weighted by atomic mass is 15.2. The van der Waals surface area contributed by atoms with Crippen LogP contribution in [-0.2, 0) is 6.54 Å². The van der Waals surface area contributed by atoms with Crippen molar-refractivity contribution in [3.8, 4) is 0 Å². The second-order valence-corrected chi connectivity index (χ2v) is 5.74. The number of rotatable bonds is 2. The summed E-state index contributed by atoms with van der Waals surface area (Å²) in [7, 11) is 0. The zero-order valence-electron chi connectivity index (χ0n) is 10.4. The molecule has 2 fully saturated rings. The van der Waals surface area contributed by atoms with Gasteiger partial charge in [0, 0.05) is 24.7 Å². The van der Waals surface area contributed by atoms with Gasteiger partial charge < -0.3 is 5.73 Å². The quantitative estimate of drug-likeness (QED) is 0.846. The van der Waals surface area contributed by atoms with E-state index < -0.39 is 0 Å². The largest absolute Gasteiger partial charge is 0.328 e. The van der Waals surface area contributed by atoms with Crippen molar-refractivity contribution in [1.82, 2.24) is 4.90 Å². The molecule has 1 aromatic rings. The molecule has 1 aliphatic heterocycles. The first kappa shape index (κ1) is 11.2. The maximum absolute atomic E-state index is 6.15. The van der Waals surface area contributed by atoms with Crippen LogP contribution in [0.1, 0.15) is 37.7 Å².